The molecule has 0 aliphatic rings. The maximum Gasteiger partial charge on any atom is 0.162 e. The number of rotatable bonds is 3. The van der Waals surface area contributed by atoms with Crippen molar-refractivity contribution < 1.29 is 0 Å². The third-order valence-electron chi connectivity index (χ3n) is 2.21. The fourth-order valence-corrected chi connectivity index (χ4v) is 1.52. The molecule has 0 saturated carbocycles. The van der Waals surface area contributed by atoms with Gasteiger partial charge in [-0.05, 0) is 13.0 Å². The minimum atomic E-state index is 0.108. The zero-order chi connectivity index (χ0) is 11.5. The highest BCUT2D eigenvalue weighted by atomic mass is 15.2. The van der Waals surface area contributed by atoms with Gasteiger partial charge in [0.2, 0.25) is 0 Å². The van der Waals surface area contributed by atoms with Crippen LogP contribution in [0.2, 0.25) is 0 Å². The van der Waals surface area contributed by atoms with E-state index >= 15 is 0 Å². The van der Waals surface area contributed by atoms with Gasteiger partial charge in [0.05, 0.1) is 11.8 Å². The van der Waals surface area contributed by atoms with Gasteiger partial charge in [0, 0.05) is 37.6 Å². The van der Waals surface area contributed by atoms with Crippen molar-refractivity contribution in [3.63, 3.8) is 0 Å². The Morgan fingerprint density at radius 1 is 1.50 bits per heavy atom. The monoisotopic (exact) mass is 217 g/mol. The molecule has 0 saturated heterocycles. The van der Waals surface area contributed by atoms with Crippen LogP contribution in [0.4, 0.5) is 0 Å². The van der Waals surface area contributed by atoms with E-state index < -0.39 is 0 Å². The minimum absolute atomic E-state index is 0.108. The molecule has 2 heterocycles. The van der Waals surface area contributed by atoms with E-state index in [1.54, 1.807) is 17.1 Å². The first kappa shape index (κ1) is 10.8. The number of aryl methyl sites for hydroxylation is 1. The second kappa shape index (κ2) is 4.40. The highest BCUT2D eigenvalue weighted by molar-refractivity contribution is 5.51. The Balaban J connectivity index is 2.28. The average molecular weight is 217 g/mol. The molecule has 2 rings (SSSR count). The predicted molar refractivity (Wildman–Crippen MR) is 61.6 cm³/mol. The molecule has 0 fully saturated rings. The lowest BCUT2D eigenvalue weighted by Gasteiger charge is -2.04. The van der Waals surface area contributed by atoms with Crippen LogP contribution in [-0.2, 0) is 13.5 Å². The van der Waals surface area contributed by atoms with Gasteiger partial charge in [-0.2, -0.15) is 5.10 Å². The Morgan fingerprint density at radius 2 is 2.31 bits per heavy atom. The van der Waals surface area contributed by atoms with E-state index in [9.17, 15) is 0 Å². The molecule has 0 aliphatic heterocycles. The van der Waals surface area contributed by atoms with Gasteiger partial charge in [-0.25, -0.2) is 9.97 Å². The Kier molecular flexibility index (Phi) is 2.96. The van der Waals surface area contributed by atoms with Crippen LogP contribution >= 0.6 is 0 Å². The van der Waals surface area contributed by atoms with E-state index in [2.05, 4.69) is 15.1 Å². The SMILES string of the molecule is CC(N)Cc1ccnc(-c2cnn(C)c2)n1. The molecule has 0 spiro atoms. The summed E-state index contributed by atoms with van der Waals surface area (Å²) in [6.45, 7) is 1.96. The Labute approximate surface area is 94.3 Å². The molecule has 0 amide bonds. The number of nitrogens with two attached hydrogens (primary N) is 1. The summed E-state index contributed by atoms with van der Waals surface area (Å²) in [4.78, 5) is 8.68. The van der Waals surface area contributed by atoms with Gasteiger partial charge >= 0.3 is 0 Å². The molecule has 5 nitrogen and oxygen atoms in total. The molecule has 0 bridgehead atoms. The summed E-state index contributed by atoms with van der Waals surface area (Å²) < 4.78 is 1.73. The molecule has 2 aromatic rings. The maximum atomic E-state index is 5.74. The van der Waals surface area contributed by atoms with Crippen LogP contribution in [0.15, 0.2) is 24.7 Å². The number of aromatic nitrogens is 4. The Hall–Kier alpha value is -1.75. The van der Waals surface area contributed by atoms with E-state index in [0.29, 0.717) is 5.82 Å². The van der Waals surface area contributed by atoms with Crippen molar-refractivity contribution in [2.24, 2.45) is 12.8 Å². The molecular weight excluding hydrogens is 202 g/mol. The lowest BCUT2D eigenvalue weighted by atomic mass is 10.2. The molecule has 5 heteroatoms. The number of nitrogens with zero attached hydrogens (tertiary/aromatic N) is 4. The molecule has 84 valence electrons. The standard InChI is InChI=1S/C11H15N5/c1-8(12)5-10-3-4-13-11(15-10)9-6-14-16(2)7-9/h3-4,6-8H,5,12H2,1-2H3. The van der Waals surface area contributed by atoms with Gasteiger partial charge in [0.15, 0.2) is 5.82 Å². The van der Waals surface area contributed by atoms with Crippen molar-refractivity contribution >= 4 is 0 Å². The average Bonchev–Trinajstić information content (AvgIpc) is 2.64. The first-order valence-corrected chi connectivity index (χ1v) is 5.21. The van der Waals surface area contributed by atoms with Crippen LogP contribution in [0, 0.1) is 0 Å². The van der Waals surface area contributed by atoms with E-state index in [4.69, 9.17) is 5.73 Å². The topological polar surface area (TPSA) is 69.6 Å². The third kappa shape index (κ3) is 2.43. The number of hydrogen-bond acceptors (Lipinski definition) is 4. The Bertz CT molecular complexity index is 475. The summed E-state index contributed by atoms with van der Waals surface area (Å²) in [5, 5.41) is 4.10. The van der Waals surface area contributed by atoms with Crippen molar-refractivity contribution in [2.45, 2.75) is 19.4 Å². The van der Waals surface area contributed by atoms with E-state index in [1.165, 1.54) is 0 Å². The zero-order valence-corrected chi connectivity index (χ0v) is 9.46. The minimum Gasteiger partial charge on any atom is -0.328 e. The molecule has 16 heavy (non-hydrogen) atoms. The first-order chi connectivity index (χ1) is 7.65. The van der Waals surface area contributed by atoms with Gasteiger partial charge in [-0.1, -0.05) is 0 Å². The lowest BCUT2D eigenvalue weighted by Crippen LogP contribution is -2.18. The zero-order valence-electron chi connectivity index (χ0n) is 9.46. The van der Waals surface area contributed by atoms with Gasteiger partial charge < -0.3 is 5.73 Å². The maximum absolute atomic E-state index is 5.74. The van der Waals surface area contributed by atoms with Gasteiger partial charge in [-0.15, -0.1) is 0 Å². The molecular formula is C11H15N5. The van der Waals surface area contributed by atoms with Crippen molar-refractivity contribution in [1.29, 1.82) is 0 Å². The molecule has 2 N–H and O–H groups in total. The summed E-state index contributed by atoms with van der Waals surface area (Å²) in [5.41, 5.74) is 7.63. The van der Waals surface area contributed by atoms with E-state index in [1.807, 2.05) is 26.2 Å². The van der Waals surface area contributed by atoms with Crippen LogP contribution in [0.3, 0.4) is 0 Å². The second-order valence-electron chi connectivity index (χ2n) is 3.96. The fraction of sp³-hybridized carbons (Fsp3) is 0.364. The molecule has 2 aromatic heterocycles. The van der Waals surface area contributed by atoms with Gasteiger partial charge in [0.25, 0.3) is 0 Å². The van der Waals surface area contributed by atoms with E-state index in [0.717, 1.165) is 17.7 Å². The quantitative estimate of drug-likeness (QED) is 0.824. The van der Waals surface area contributed by atoms with Gasteiger partial charge in [0.1, 0.15) is 0 Å². The largest absolute Gasteiger partial charge is 0.328 e. The normalized spacial score (nSPS) is 12.7. The molecule has 1 unspecified atom stereocenters. The van der Waals surface area contributed by atoms with Gasteiger partial charge in [-0.3, -0.25) is 4.68 Å². The van der Waals surface area contributed by atoms with Crippen LogP contribution < -0.4 is 5.73 Å². The summed E-state index contributed by atoms with van der Waals surface area (Å²) >= 11 is 0. The smallest absolute Gasteiger partial charge is 0.162 e. The van der Waals surface area contributed by atoms with Crippen LogP contribution in [-0.4, -0.2) is 25.8 Å². The molecule has 0 aliphatic carbocycles. The first-order valence-electron chi connectivity index (χ1n) is 5.21. The van der Waals surface area contributed by atoms with E-state index in [-0.39, 0.29) is 6.04 Å². The van der Waals surface area contributed by atoms with Crippen LogP contribution in [0.25, 0.3) is 11.4 Å². The summed E-state index contributed by atoms with van der Waals surface area (Å²) in [6.07, 6.45) is 6.17. The second-order valence-corrected chi connectivity index (χ2v) is 3.96. The summed E-state index contributed by atoms with van der Waals surface area (Å²) in [5.74, 6) is 0.700. The highest BCUT2D eigenvalue weighted by Gasteiger charge is 2.05. The predicted octanol–water partition coefficient (Wildman–Crippen LogP) is 0.767. The van der Waals surface area contributed by atoms with Crippen molar-refractivity contribution in [3.05, 3.63) is 30.4 Å². The van der Waals surface area contributed by atoms with Crippen molar-refractivity contribution in [2.75, 3.05) is 0 Å². The third-order valence-corrected chi connectivity index (χ3v) is 2.21. The molecule has 0 radical (unpaired) electrons. The van der Waals surface area contributed by atoms with Crippen molar-refractivity contribution in [3.8, 4) is 11.4 Å². The molecule has 0 aromatic carbocycles. The number of hydrogen-bond donors (Lipinski definition) is 1. The summed E-state index contributed by atoms with van der Waals surface area (Å²) in [7, 11) is 1.87. The Morgan fingerprint density at radius 3 is 2.94 bits per heavy atom. The van der Waals surface area contributed by atoms with Crippen LogP contribution in [0.5, 0.6) is 0 Å². The fourth-order valence-electron chi connectivity index (χ4n) is 1.52. The highest BCUT2D eigenvalue weighted by Crippen LogP contribution is 2.13. The summed E-state index contributed by atoms with van der Waals surface area (Å²) in [6, 6.07) is 2.00. The molecule has 1 atom stereocenters. The van der Waals surface area contributed by atoms with Crippen LogP contribution in [0.1, 0.15) is 12.6 Å². The van der Waals surface area contributed by atoms with Crippen molar-refractivity contribution in [1.82, 2.24) is 19.7 Å². The lowest BCUT2D eigenvalue weighted by molar-refractivity contribution is 0.720.